The summed E-state index contributed by atoms with van der Waals surface area (Å²) in [5, 5.41) is 2.98. The summed E-state index contributed by atoms with van der Waals surface area (Å²) in [6, 6.07) is 5.84. The van der Waals surface area contributed by atoms with Crippen LogP contribution in [0, 0.1) is 30.1 Å². The monoisotopic (exact) mass is 286 g/mol. The molecule has 0 aliphatic carbocycles. The molecule has 0 radical (unpaired) electrons. The molecular formula is C18H26N2O. The number of aryl methyl sites for hydroxylation is 1. The number of nitrogens with two attached hydrogens (primary N) is 1. The highest BCUT2D eigenvalue weighted by Gasteiger charge is 2.22. The zero-order valence-corrected chi connectivity index (χ0v) is 13.7. The van der Waals surface area contributed by atoms with Gasteiger partial charge in [-0.05, 0) is 36.0 Å². The number of hydrogen-bond donors (Lipinski definition) is 2. The number of rotatable bonds is 3. The third-order valence-corrected chi connectivity index (χ3v) is 3.74. The summed E-state index contributed by atoms with van der Waals surface area (Å²) in [6.45, 7) is 10.8. The highest BCUT2D eigenvalue weighted by molar-refractivity contribution is 5.92. The van der Waals surface area contributed by atoms with Crippen molar-refractivity contribution in [2.24, 2.45) is 17.1 Å². The second-order valence-electron chi connectivity index (χ2n) is 6.57. The van der Waals surface area contributed by atoms with E-state index in [4.69, 9.17) is 5.73 Å². The summed E-state index contributed by atoms with van der Waals surface area (Å²) in [6.07, 6.45) is 0.501. The Labute approximate surface area is 128 Å². The van der Waals surface area contributed by atoms with Crippen LogP contribution in [0.4, 0.5) is 5.69 Å². The van der Waals surface area contributed by atoms with Crippen molar-refractivity contribution in [3.8, 4) is 11.8 Å². The molecule has 0 aromatic heterocycles. The fourth-order valence-electron chi connectivity index (χ4n) is 1.80. The first-order chi connectivity index (χ1) is 9.74. The minimum Gasteiger partial charge on any atom is -0.325 e. The van der Waals surface area contributed by atoms with Gasteiger partial charge in [0.1, 0.15) is 0 Å². The van der Waals surface area contributed by atoms with Crippen molar-refractivity contribution in [3.63, 3.8) is 0 Å². The molecule has 0 aliphatic rings. The maximum atomic E-state index is 12.2. The van der Waals surface area contributed by atoms with Crippen LogP contribution in [-0.4, -0.2) is 12.5 Å². The van der Waals surface area contributed by atoms with Crippen LogP contribution in [0.1, 0.15) is 45.2 Å². The molecule has 0 heterocycles. The van der Waals surface area contributed by atoms with Crippen molar-refractivity contribution in [3.05, 3.63) is 29.3 Å². The second-order valence-corrected chi connectivity index (χ2v) is 6.57. The SMILES string of the molecule is Cc1ccc(C#CCN)c(NC(=O)CC(C)C(C)(C)C)c1. The first-order valence-corrected chi connectivity index (χ1v) is 7.33. The molecule has 3 heteroatoms. The van der Waals surface area contributed by atoms with E-state index in [-0.39, 0.29) is 11.3 Å². The summed E-state index contributed by atoms with van der Waals surface area (Å²) in [5.74, 6) is 6.16. The number of nitrogens with one attached hydrogen (secondary N) is 1. The van der Waals surface area contributed by atoms with E-state index in [9.17, 15) is 4.79 Å². The highest BCUT2D eigenvalue weighted by atomic mass is 16.1. The summed E-state index contributed by atoms with van der Waals surface area (Å²) in [5.41, 5.74) is 8.19. The molecule has 114 valence electrons. The minimum absolute atomic E-state index is 0.0267. The maximum Gasteiger partial charge on any atom is 0.224 e. The molecule has 1 unspecified atom stereocenters. The van der Waals surface area contributed by atoms with Gasteiger partial charge in [-0.25, -0.2) is 0 Å². The Hall–Kier alpha value is -1.79. The lowest BCUT2D eigenvalue weighted by molar-refractivity contribution is -0.117. The van der Waals surface area contributed by atoms with Crippen LogP contribution in [0.5, 0.6) is 0 Å². The van der Waals surface area contributed by atoms with E-state index in [1.54, 1.807) is 0 Å². The van der Waals surface area contributed by atoms with Gasteiger partial charge >= 0.3 is 0 Å². The number of hydrogen-bond acceptors (Lipinski definition) is 2. The van der Waals surface area contributed by atoms with Crippen molar-refractivity contribution in [1.82, 2.24) is 0 Å². The average Bonchev–Trinajstić information content (AvgIpc) is 2.36. The van der Waals surface area contributed by atoms with Crippen molar-refractivity contribution in [2.45, 2.75) is 41.0 Å². The highest BCUT2D eigenvalue weighted by Crippen LogP contribution is 2.28. The van der Waals surface area contributed by atoms with Gasteiger partial charge in [0.05, 0.1) is 12.2 Å². The quantitative estimate of drug-likeness (QED) is 0.838. The van der Waals surface area contributed by atoms with Crippen LogP contribution in [0.15, 0.2) is 18.2 Å². The lowest BCUT2D eigenvalue weighted by Crippen LogP contribution is -2.24. The predicted molar refractivity (Wildman–Crippen MR) is 89.0 cm³/mol. The van der Waals surface area contributed by atoms with Crippen LogP contribution in [0.25, 0.3) is 0 Å². The van der Waals surface area contributed by atoms with Crippen molar-refractivity contribution in [1.29, 1.82) is 0 Å². The van der Waals surface area contributed by atoms with Crippen LogP contribution in [-0.2, 0) is 4.79 Å². The van der Waals surface area contributed by atoms with Crippen LogP contribution in [0.2, 0.25) is 0 Å². The van der Waals surface area contributed by atoms with E-state index < -0.39 is 0 Å². The van der Waals surface area contributed by atoms with E-state index in [0.29, 0.717) is 18.9 Å². The Morgan fingerprint density at radius 1 is 1.38 bits per heavy atom. The van der Waals surface area contributed by atoms with Gasteiger partial charge in [-0.2, -0.15) is 0 Å². The van der Waals surface area contributed by atoms with Crippen molar-refractivity contribution >= 4 is 11.6 Å². The molecule has 0 fully saturated rings. The van der Waals surface area contributed by atoms with E-state index in [0.717, 1.165) is 16.8 Å². The van der Waals surface area contributed by atoms with Gasteiger partial charge in [0, 0.05) is 12.0 Å². The lowest BCUT2D eigenvalue weighted by Gasteiger charge is -2.26. The number of carbonyl (C=O) groups excluding carboxylic acids is 1. The molecule has 0 bridgehead atoms. The number of carbonyl (C=O) groups is 1. The summed E-state index contributed by atoms with van der Waals surface area (Å²) in [7, 11) is 0. The maximum absolute atomic E-state index is 12.2. The lowest BCUT2D eigenvalue weighted by atomic mass is 9.80. The van der Waals surface area contributed by atoms with Gasteiger partial charge in [0.2, 0.25) is 5.91 Å². The van der Waals surface area contributed by atoms with Crippen LogP contribution in [0.3, 0.4) is 0 Å². The number of amides is 1. The first-order valence-electron chi connectivity index (χ1n) is 7.33. The Balaban J connectivity index is 2.87. The smallest absolute Gasteiger partial charge is 0.224 e. The largest absolute Gasteiger partial charge is 0.325 e. The van der Waals surface area contributed by atoms with E-state index in [1.165, 1.54) is 0 Å². The minimum atomic E-state index is 0.0267. The summed E-state index contributed by atoms with van der Waals surface area (Å²) < 4.78 is 0. The van der Waals surface area contributed by atoms with Gasteiger partial charge in [0.25, 0.3) is 0 Å². The predicted octanol–water partition coefficient (Wildman–Crippen LogP) is 3.32. The van der Waals surface area contributed by atoms with E-state index in [1.807, 2.05) is 25.1 Å². The second kappa shape index (κ2) is 7.28. The molecular weight excluding hydrogens is 260 g/mol. The molecule has 1 aromatic rings. The molecule has 3 nitrogen and oxygen atoms in total. The molecule has 1 rings (SSSR count). The zero-order valence-electron chi connectivity index (χ0n) is 13.7. The Kier molecular flexibility index (Phi) is 5.99. The first kappa shape index (κ1) is 17.3. The third kappa shape index (κ3) is 5.61. The summed E-state index contributed by atoms with van der Waals surface area (Å²) >= 11 is 0. The fraction of sp³-hybridized carbons (Fsp3) is 0.500. The van der Waals surface area contributed by atoms with E-state index >= 15 is 0 Å². The average molecular weight is 286 g/mol. The molecule has 1 aromatic carbocycles. The number of benzene rings is 1. The molecule has 1 amide bonds. The molecule has 0 saturated heterocycles. The van der Waals surface area contributed by atoms with Gasteiger partial charge in [0.15, 0.2) is 0 Å². The molecule has 0 aliphatic heterocycles. The standard InChI is InChI=1S/C18H26N2O/c1-13-8-9-15(7-6-10-19)16(11-13)20-17(21)12-14(2)18(3,4)5/h8-9,11,14H,10,12,19H2,1-5H3,(H,20,21). The molecule has 3 N–H and O–H groups in total. The summed E-state index contributed by atoms with van der Waals surface area (Å²) in [4.78, 5) is 12.2. The number of anilines is 1. The van der Waals surface area contributed by atoms with E-state index in [2.05, 4.69) is 44.9 Å². The molecule has 0 spiro atoms. The molecule has 1 atom stereocenters. The fourth-order valence-corrected chi connectivity index (χ4v) is 1.80. The van der Waals surface area contributed by atoms with Gasteiger partial charge < -0.3 is 11.1 Å². The Bertz CT molecular complexity index is 559. The van der Waals surface area contributed by atoms with Gasteiger partial charge in [-0.1, -0.05) is 45.6 Å². The van der Waals surface area contributed by atoms with Crippen molar-refractivity contribution in [2.75, 3.05) is 11.9 Å². The van der Waals surface area contributed by atoms with Gasteiger partial charge in [-0.15, -0.1) is 0 Å². The molecule has 21 heavy (non-hydrogen) atoms. The topological polar surface area (TPSA) is 55.1 Å². The zero-order chi connectivity index (χ0) is 16.0. The third-order valence-electron chi connectivity index (χ3n) is 3.74. The Morgan fingerprint density at radius 3 is 2.62 bits per heavy atom. The van der Waals surface area contributed by atoms with Crippen LogP contribution >= 0.6 is 0 Å². The van der Waals surface area contributed by atoms with Crippen LogP contribution < -0.4 is 11.1 Å². The Morgan fingerprint density at radius 2 is 2.05 bits per heavy atom. The van der Waals surface area contributed by atoms with Crippen molar-refractivity contribution < 1.29 is 4.79 Å². The molecule has 0 saturated carbocycles. The normalized spacial score (nSPS) is 12.3. The van der Waals surface area contributed by atoms with Gasteiger partial charge in [-0.3, -0.25) is 4.79 Å².